The van der Waals surface area contributed by atoms with E-state index in [1.54, 1.807) is 42.5 Å². The van der Waals surface area contributed by atoms with Crippen LogP contribution in [-0.2, 0) is 15.1 Å². The maximum absolute atomic E-state index is 14.9. The van der Waals surface area contributed by atoms with Gasteiger partial charge in [0.05, 0.1) is 28.4 Å². The van der Waals surface area contributed by atoms with Crippen LogP contribution in [0.25, 0.3) is 16.8 Å². The van der Waals surface area contributed by atoms with Crippen LogP contribution in [0, 0.1) is 10.8 Å². The molecule has 4 aromatic rings. The summed E-state index contributed by atoms with van der Waals surface area (Å²) in [7, 11) is 0. The predicted octanol–water partition coefficient (Wildman–Crippen LogP) is 6.11. The van der Waals surface area contributed by atoms with E-state index in [1.165, 1.54) is 34.6 Å². The van der Waals surface area contributed by atoms with Crippen molar-refractivity contribution >= 4 is 29.6 Å². The Morgan fingerprint density at radius 2 is 1.80 bits per heavy atom. The molecule has 0 radical (unpaired) electrons. The molecule has 13 nitrogen and oxygen atoms in total. The lowest BCUT2D eigenvalue weighted by Gasteiger charge is -2.47. The summed E-state index contributed by atoms with van der Waals surface area (Å²) in [4.78, 5) is 37.9. The average molecular weight is 777 g/mol. The second kappa shape index (κ2) is 14.3. The Morgan fingerprint density at radius 1 is 1.09 bits per heavy atom. The third-order valence-corrected chi connectivity index (χ3v) is 10.0. The molecule has 288 valence electrons. The van der Waals surface area contributed by atoms with Crippen LogP contribution in [0.3, 0.4) is 0 Å². The molecule has 2 amide bonds. The molecule has 3 heterocycles. The Hall–Kier alpha value is -5.10. The van der Waals surface area contributed by atoms with E-state index in [9.17, 15) is 31.5 Å². The standard InChI is InChI=1S/C35H38ClF5N10O3/c1-32(2,3)16-34(23-7-4-20(5-8-23)22-13-45-49(14-22)29(37)38)28(52)51(30(43)48-34)27(21-6-9-25(36)26(10-21)50-19-44-18-46-50)15-54-31(53)47-24-11-33(12-24,17-42)35(39,40)41/h4-10,13-14,18-19,24,27,29H,11-12,15-17,42H2,1-3H3,(H2,43,48)(H,47,53)/t24?,27-,33?,34-/m1/s1. The van der Waals surface area contributed by atoms with Crippen LogP contribution >= 0.6 is 11.6 Å². The molecule has 54 heavy (non-hydrogen) atoms. The molecule has 2 aromatic heterocycles. The number of amides is 2. The van der Waals surface area contributed by atoms with Gasteiger partial charge in [-0.05, 0) is 53.5 Å². The quantitative estimate of drug-likeness (QED) is 0.153. The molecule has 2 aliphatic rings. The van der Waals surface area contributed by atoms with Crippen molar-refractivity contribution in [2.75, 3.05) is 13.2 Å². The van der Waals surface area contributed by atoms with Crippen molar-refractivity contribution in [2.45, 2.75) is 70.4 Å². The van der Waals surface area contributed by atoms with Crippen LogP contribution in [0.4, 0.5) is 26.7 Å². The van der Waals surface area contributed by atoms with Crippen LogP contribution < -0.4 is 16.8 Å². The van der Waals surface area contributed by atoms with E-state index in [2.05, 4.69) is 20.5 Å². The maximum Gasteiger partial charge on any atom is 0.407 e. The number of hydrogen-bond donors (Lipinski definition) is 3. The van der Waals surface area contributed by atoms with Gasteiger partial charge in [-0.2, -0.15) is 32.1 Å². The van der Waals surface area contributed by atoms with Gasteiger partial charge >= 0.3 is 18.8 Å². The first-order valence-electron chi connectivity index (χ1n) is 16.8. The molecule has 0 saturated heterocycles. The van der Waals surface area contributed by atoms with Gasteiger partial charge in [-0.3, -0.25) is 9.69 Å². The summed E-state index contributed by atoms with van der Waals surface area (Å²) < 4.78 is 74.7. The number of benzene rings is 2. The van der Waals surface area contributed by atoms with E-state index in [0.29, 0.717) is 32.6 Å². The minimum absolute atomic E-state index is 0.182. The Labute approximate surface area is 311 Å². The molecule has 5 N–H and O–H groups in total. The fraction of sp³-hybridized carbons (Fsp3) is 0.429. The van der Waals surface area contributed by atoms with E-state index >= 15 is 0 Å². The van der Waals surface area contributed by atoms with Crippen LogP contribution in [0.2, 0.25) is 5.02 Å². The molecule has 1 aliphatic carbocycles. The molecule has 0 unspecified atom stereocenters. The molecule has 1 fully saturated rings. The summed E-state index contributed by atoms with van der Waals surface area (Å²) in [6.07, 6.45) is -0.931. The second-order valence-electron chi connectivity index (χ2n) is 14.7. The van der Waals surface area contributed by atoms with Crippen molar-refractivity contribution in [2.24, 2.45) is 27.3 Å². The van der Waals surface area contributed by atoms with Gasteiger partial charge in [0.1, 0.15) is 19.3 Å². The topological polar surface area (TPSA) is 172 Å². The first kappa shape index (κ1) is 38.6. The molecule has 6 rings (SSSR count). The first-order valence-corrected chi connectivity index (χ1v) is 17.2. The summed E-state index contributed by atoms with van der Waals surface area (Å²) in [5.74, 6) is -0.731. The van der Waals surface area contributed by atoms with Gasteiger partial charge in [0.25, 0.3) is 5.91 Å². The number of aliphatic imine (C=N–C) groups is 1. The summed E-state index contributed by atoms with van der Waals surface area (Å²) >= 11 is 6.51. The number of carbonyl (C=O) groups excluding carboxylic acids is 2. The molecular weight excluding hydrogens is 739 g/mol. The van der Waals surface area contributed by atoms with Gasteiger partial charge in [0, 0.05) is 24.3 Å². The number of halogens is 6. The van der Waals surface area contributed by atoms with E-state index in [-0.39, 0.29) is 17.4 Å². The summed E-state index contributed by atoms with van der Waals surface area (Å²) in [5.41, 5.74) is 10.2. The highest BCUT2D eigenvalue weighted by molar-refractivity contribution is 6.32. The van der Waals surface area contributed by atoms with E-state index in [0.717, 1.165) is 0 Å². The highest BCUT2D eigenvalue weighted by Gasteiger charge is 2.61. The minimum Gasteiger partial charge on any atom is -0.447 e. The number of alkyl carbamates (subject to hydrolysis) is 1. The molecule has 1 aliphatic heterocycles. The second-order valence-corrected chi connectivity index (χ2v) is 15.1. The smallest absolute Gasteiger partial charge is 0.407 e. The number of ether oxygens (including phenoxy) is 1. The van der Waals surface area contributed by atoms with Crippen LogP contribution in [-0.4, -0.2) is 72.8 Å². The lowest BCUT2D eigenvalue weighted by atomic mass is 9.65. The van der Waals surface area contributed by atoms with Crippen LogP contribution in [0.5, 0.6) is 0 Å². The molecule has 2 atom stereocenters. The van der Waals surface area contributed by atoms with Gasteiger partial charge in [0.15, 0.2) is 11.5 Å². The van der Waals surface area contributed by atoms with Crippen LogP contribution in [0.1, 0.15) is 63.8 Å². The highest BCUT2D eigenvalue weighted by Crippen LogP contribution is 2.52. The SMILES string of the molecule is CC(C)(C)C[C@]1(c2ccc(-c3cnn(C(F)F)c3)cc2)N=C(N)N([C@H](COC(=O)NC2CC(CN)(C(F)(F)F)C2)c2ccc(Cl)c(-n3cncn3)c2)C1=O. The van der Waals surface area contributed by atoms with Crippen molar-refractivity contribution in [1.82, 2.24) is 34.8 Å². The number of carbonyl (C=O) groups is 2. The zero-order valence-electron chi connectivity index (χ0n) is 29.4. The molecule has 19 heteroatoms. The third kappa shape index (κ3) is 7.36. The van der Waals surface area contributed by atoms with E-state index in [1.807, 2.05) is 20.8 Å². The number of aromatic nitrogens is 5. The van der Waals surface area contributed by atoms with Gasteiger partial charge in [-0.15, -0.1) is 0 Å². The van der Waals surface area contributed by atoms with E-state index in [4.69, 9.17) is 32.8 Å². The Bertz CT molecular complexity index is 2030. The maximum atomic E-state index is 14.9. The number of rotatable bonds is 11. The third-order valence-electron chi connectivity index (χ3n) is 9.70. The molecule has 2 aromatic carbocycles. The molecule has 0 spiro atoms. The van der Waals surface area contributed by atoms with Crippen LogP contribution in [0.15, 0.2) is 72.5 Å². The van der Waals surface area contributed by atoms with Crippen molar-refractivity contribution in [1.29, 1.82) is 0 Å². The summed E-state index contributed by atoms with van der Waals surface area (Å²) in [6.45, 7) is 1.86. The molecular formula is C35H38ClF5N10O3. The molecule has 0 bridgehead atoms. The number of hydrogen-bond acceptors (Lipinski definition) is 9. The minimum atomic E-state index is -4.53. The normalized spacial score (nSPS) is 22.3. The largest absolute Gasteiger partial charge is 0.447 e. The fourth-order valence-electron chi connectivity index (χ4n) is 7.03. The van der Waals surface area contributed by atoms with Crippen molar-refractivity contribution < 1.29 is 36.3 Å². The Balaban J connectivity index is 1.33. The van der Waals surface area contributed by atoms with Gasteiger partial charge < -0.3 is 21.5 Å². The van der Waals surface area contributed by atoms with Crippen molar-refractivity contribution in [3.05, 3.63) is 83.7 Å². The fourth-order valence-corrected chi connectivity index (χ4v) is 7.24. The Kier molecular flexibility index (Phi) is 10.2. The Morgan fingerprint density at radius 3 is 2.37 bits per heavy atom. The average Bonchev–Trinajstić information content (AvgIpc) is 3.84. The summed E-state index contributed by atoms with van der Waals surface area (Å²) in [5, 5.41) is 10.6. The number of nitrogens with two attached hydrogens (primary N) is 2. The number of alkyl halides is 5. The van der Waals surface area contributed by atoms with E-state index < -0.39 is 79.2 Å². The van der Waals surface area contributed by atoms with Crippen molar-refractivity contribution in [3.63, 3.8) is 0 Å². The predicted molar refractivity (Wildman–Crippen MR) is 187 cm³/mol. The van der Waals surface area contributed by atoms with Gasteiger partial charge in [-0.1, -0.05) is 62.7 Å². The lowest BCUT2D eigenvalue weighted by molar-refractivity contribution is -0.251. The number of nitrogens with one attached hydrogen (secondary N) is 1. The first-order chi connectivity index (χ1) is 25.4. The zero-order chi connectivity index (χ0) is 39.2. The highest BCUT2D eigenvalue weighted by atomic mass is 35.5. The van der Waals surface area contributed by atoms with Gasteiger partial charge in [-0.25, -0.2) is 24.1 Å². The van der Waals surface area contributed by atoms with Gasteiger partial charge in [0.2, 0.25) is 0 Å². The number of guanidine groups is 1. The monoisotopic (exact) mass is 776 g/mol. The molecule has 1 saturated carbocycles. The summed E-state index contributed by atoms with van der Waals surface area (Å²) in [6, 6.07) is 9.53. The van der Waals surface area contributed by atoms with Crippen molar-refractivity contribution in [3.8, 4) is 16.8 Å². The zero-order valence-corrected chi connectivity index (χ0v) is 30.2. The number of nitrogens with zero attached hydrogens (tertiary/aromatic N) is 7. The lowest BCUT2D eigenvalue weighted by Crippen LogP contribution is -2.60.